The number of aliphatic hydroxyl groups is 1. The average Bonchev–Trinajstić information content (AvgIpc) is 2.74. The summed E-state index contributed by atoms with van der Waals surface area (Å²) in [6.45, 7) is 1.93. The molecule has 4 saturated carbocycles. The van der Waals surface area contributed by atoms with Gasteiger partial charge in [0.05, 0.1) is 5.60 Å². The Morgan fingerprint density at radius 1 is 1.19 bits per heavy atom. The SMILES string of the molecule is CCc1cc(C(=O)c2ncccc2F)ccc1C(=O)NC1C2CC3CC1CC(O)(C3)C2. The van der Waals surface area contributed by atoms with Crippen molar-refractivity contribution in [2.75, 3.05) is 0 Å². The van der Waals surface area contributed by atoms with Crippen molar-refractivity contribution < 1.29 is 19.1 Å². The van der Waals surface area contributed by atoms with Crippen LogP contribution >= 0.6 is 0 Å². The predicted octanol–water partition coefficient (Wildman–Crippen LogP) is 3.68. The molecule has 4 bridgehead atoms. The number of nitrogens with zero attached hydrogens (tertiary/aromatic N) is 1. The van der Waals surface area contributed by atoms with Crippen LogP contribution in [0.25, 0.3) is 0 Å². The summed E-state index contributed by atoms with van der Waals surface area (Å²) >= 11 is 0. The minimum Gasteiger partial charge on any atom is -0.390 e. The standard InChI is InChI=1S/C25H27FN2O3/c1-2-15-10-16(23(29)22-20(26)4-3-7-27-22)5-6-19(15)24(30)28-21-17-8-14-9-18(21)13-25(31,11-14)12-17/h3-7,10,14,17-18,21,31H,2,8-9,11-13H2,1H3,(H,28,30). The van der Waals surface area contributed by atoms with Crippen LogP contribution in [0, 0.1) is 23.6 Å². The first kappa shape index (κ1) is 20.3. The molecule has 4 fully saturated rings. The number of halogens is 1. The van der Waals surface area contributed by atoms with Crippen LogP contribution in [0.2, 0.25) is 0 Å². The van der Waals surface area contributed by atoms with E-state index in [4.69, 9.17) is 0 Å². The number of aryl methyl sites for hydroxylation is 1. The van der Waals surface area contributed by atoms with Crippen LogP contribution in [0.1, 0.15) is 71.0 Å². The summed E-state index contributed by atoms with van der Waals surface area (Å²) in [5.74, 6) is -0.0371. The van der Waals surface area contributed by atoms with E-state index in [0.717, 1.165) is 37.7 Å². The predicted molar refractivity (Wildman–Crippen MR) is 113 cm³/mol. The van der Waals surface area contributed by atoms with Gasteiger partial charge in [0.2, 0.25) is 5.78 Å². The second kappa shape index (κ2) is 7.52. The molecule has 1 aromatic carbocycles. The number of pyridine rings is 1. The van der Waals surface area contributed by atoms with Gasteiger partial charge in [-0.05, 0) is 86.1 Å². The zero-order chi connectivity index (χ0) is 21.8. The van der Waals surface area contributed by atoms with E-state index in [-0.39, 0.29) is 17.6 Å². The molecule has 162 valence electrons. The Morgan fingerprint density at radius 3 is 2.58 bits per heavy atom. The number of carbonyl (C=O) groups excluding carboxylic acids is 2. The molecule has 31 heavy (non-hydrogen) atoms. The van der Waals surface area contributed by atoms with Gasteiger partial charge in [-0.3, -0.25) is 9.59 Å². The van der Waals surface area contributed by atoms with Crippen molar-refractivity contribution in [3.8, 4) is 0 Å². The van der Waals surface area contributed by atoms with Gasteiger partial charge in [0, 0.05) is 23.4 Å². The van der Waals surface area contributed by atoms with Crippen molar-refractivity contribution in [3.05, 3.63) is 64.7 Å². The lowest BCUT2D eigenvalue weighted by Gasteiger charge is -2.58. The maximum atomic E-state index is 14.0. The molecule has 2 N–H and O–H groups in total. The number of carbonyl (C=O) groups is 2. The van der Waals surface area contributed by atoms with E-state index in [2.05, 4.69) is 10.3 Å². The molecule has 4 aliphatic rings. The third-order valence-electron chi connectivity index (χ3n) is 7.51. The second-order valence-corrected chi connectivity index (χ2v) is 9.58. The highest BCUT2D eigenvalue weighted by atomic mass is 19.1. The van der Waals surface area contributed by atoms with Crippen molar-refractivity contribution in [1.29, 1.82) is 0 Å². The fourth-order valence-electron chi connectivity index (χ4n) is 6.38. The van der Waals surface area contributed by atoms with E-state index in [0.29, 0.717) is 35.3 Å². The quantitative estimate of drug-likeness (QED) is 0.721. The van der Waals surface area contributed by atoms with E-state index < -0.39 is 17.2 Å². The smallest absolute Gasteiger partial charge is 0.251 e. The zero-order valence-electron chi connectivity index (χ0n) is 17.6. The molecule has 4 aliphatic carbocycles. The Balaban J connectivity index is 1.36. The lowest BCUT2D eigenvalue weighted by Crippen LogP contribution is -2.61. The molecular weight excluding hydrogens is 395 g/mol. The number of ketones is 1. The molecule has 2 unspecified atom stereocenters. The normalized spacial score (nSPS) is 30.9. The van der Waals surface area contributed by atoms with Gasteiger partial charge in [-0.2, -0.15) is 0 Å². The monoisotopic (exact) mass is 422 g/mol. The van der Waals surface area contributed by atoms with Gasteiger partial charge >= 0.3 is 0 Å². The van der Waals surface area contributed by atoms with E-state index in [9.17, 15) is 19.1 Å². The molecule has 0 saturated heterocycles. The van der Waals surface area contributed by atoms with Crippen molar-refractivity contribution in [1.82, 2.24) is 10.3 Å². The number of rotatable bonds is 5. The summed E-state index contributed by atoms with van der Waals surface area (Å²) in [6.07, 6.45) is 6.57. The Labute approximate surface area is 181 Å². The summed E-state index contributed by atoms with van der Waals surface area (Å²) in [5, 5.41) is 14.0. The summed E-state index contributed by atoms with van der Waals surface area (Å²) in [4.78, 5) is 29.7. The minimum absolute atomic E-state index is 0.0953. The van der Waals surface area contributed by atoms with E-state index in [1.54, 1.807) is 18.2 Å². The van der Waals surface area contributed by atoms with Gasteiger partial charge in [-0.25, -0.2) is 9.37 Å². The van der Waals surface area contributed by atoms with Gasteiger partial charge < -0.3 is 10.4 Å². The van der Waals surface area contributed by atoms with Crippen molar-refractivity contribution in [3.63, 3.8) is 0 Å². The lowest BCUT2D eigenvalue weighted by atomic mass is 9.52. The van der Waals surface area contributed by atoms with Crippen LogP contribution in [0.3, 0.4) is 0 Å². The zero-order valence-corrected chi connectivity index (χ0v) is 17.6. The molecule has 1 amide bonds. The highest BCUT2D eigenvalue weighted by Gasteiger charge is 2.55. The Bertz CT molecular complexity index is 1040. The fraction of sp³-hybridized carbons (Fsp3) is 0.480. The van der Waals surface area contributed by atoms with Crippen LogP contribution in [0.15, 0.2) is 36.5 Å². The van der Waals surface area contributed by atoms with E-state index in [1.165, 1.54) is 18.3 Å². The highest BCUT2D eigenvalue weighted by molar-refractivity contribution is 6.08. The van der Waals surface area contributed by atoms with Crippen LogP contribution in [0.5, 0.6) is 0 Å². The third-order valence-corrected chi connectivity index (χ3v) is 7.51. The maximum Gasteiger partial charge on any atom is 0.251 e. The number of nitrogens with one attached hydrogen (secondary N) is 1. The van der Waals surface area contributed by atoms with Gasteiger partial charge in [-0.1, -0.05) is 13.0 Å². The molecular formula is C25H27FN2O3. The molecule has 2 atom stereocenters. The molecule has 0 spiro atoms. The summed E-state index contributed by atoms with van der Waals surface area (Å²) in [5.41, 5.74) is 0.876. The van der Waals surface area contributed by atoms with Gasteiger partial charge in [-0.15, -0.1) is 0 Å². The third kappa shape index (κ3) is 3.57. The first-order chi connectivity index (χ1) is 14.9. The van der Waals surface area contributed by atoms with Crippen LogP contribution in [-0.2, 0) is 6.42 Å². The van der Waals surface area contributed by atoms with Crippen LogP contribution in [0.4, 0.5) is 4.39 Å². The summed E-state index contributed by atoms with van der Waals surface area (Å²) < 4.78 is 14.0. The lowest BCUT2D eigenvalue weighted by molar-refractivity contribution is -0.136. The second-order valence-electron chi connectivity index (χ2n) is 9.58. The van der Waals surface area contributed by atoms with Gasteiger partial charge in [0.1, 0.15) is 5.69 Å². The Hall–Kier alpha value is -2.60. The minimum atomic E-state index is -0.657. The number of aromatic nitrogens is 1. The number of benzene rings is 1. The first-order valence-corrected chi connectivity index (χ1v) is 11.2. The molecule has 0 aliphatic heterocycles. The van der Waals surface area contributed by atoms with E-state index in [1.807, 2.05) is 6.92 Å². The number of hydrogen-bond acceptors (Lipinski definition) is 4. The molecule has 6 heteroatoms. The molecule has 1 aromatic heterocycles. The number of hydrogen-bond donors (Lipinski definition) is 2. The topological polar surface area (TPSA) is 79.3 Å². The van der Waals surface area contributed by atoms with Gasteiger partial charge in [0.15, 0.2) is 5.82 Å². The maximum absolute atomic E-state index is 14.0. The van der Waals surface area contributed by atoms with Crippen LogP contribution in [-0.4, -0.2) is 33.4 Å². The molecule has 0 radical (unpaired) electrons. The van der Waals surface area contributed by atoms with Gasteiger partial charge in [0.25, 0.3) is 5.91 Å². The summed E-state index contributed by atoms with van der Waals surface area (Å²) in [7, 11) is 0. The Kier molecular flexibility index (Phi) is 4.93. The van der Waals surface area contributed by atoms with E-state index >= 15 is 0 Å². The molecule has 5 nitrogen and oxygen atoms in total. The fourth-order valence-corrected chi connectivity index (χ4v) is 6.38. The van der Waals surface area contributed by atoms with Crippen molar-refractivity contribution >= 4 is 11.7 Å². The van der Waals surface area contributed by atoms with Crippen molar-refractivity contribution in [2.45, 2.75) is 57.1 Å². The summed E-state index contributed by atoms with van der Waals surface area (Å²) in [6, 6.07) is 7.66. The molecule has 6 rings (SSSR count). The largest absolute Gasteiger partial charge is 0.390 e. The Morgan fingerprint density at radius 2 is 1.94 bits per heavy atom. The average molecular weight is 423 g/mol. The van der Waals surface area contributed by atoms with Crippen molar-refractivity contribution in [2.24, 2.45) is 17.8 Å². The highest BCUT2D eigenvalue weighted by Crippen LogP contribution is 2.55. The molecule has 2 aromatic rings. The first-order valence-electron chi connectivity index (χ1n) is 11.2. The molecule has 1 heterocycles. The van der Waals surface area contributed by atoms with Crippen LogP contribution < -0.4 is 5.32 Å². The number of amides is 1.